The standard InChI is InChI=1S/C18H24ClN5OS/c1-20-18(22-14-7-4-8-15(10-14)26-2)21-11-16-23-17(24-25-16)12-5-3-6-13(19)9-12/h3,5-6,9,14-15H,4,7-8,10-11H2,1-2H3,(H2,20,21,22). The molecule has 3 rings (SSSR count). The summed E-state index contributed by atoms with van der Waals surface area (Å²) in [5, 5.41) is 12.2. The Balaban J connectivity index is 1.54. The molecule has 0 aliphatic heterocycles. The van der Waals surface area contributed by atoms with Crippen LogP contribution in [0.5, 0.6) is 0 Å². The largest absolute Gasteiger partial charge is 0.354 e. The SMILES string of the molecule is CN=C(NCc1nc(-c2cccc(Cl)c2)no1)NC1CCCC(SC)C1. The van der Waals surface area contributed by atoms with Crippen LogP contribution in [0.1, 0.15) is 31.6 Å². The Labute approximate surface area is 163 Å². The van der Waals surface area contributed by atoms with Crippen LogP contribution in [0, 0.1) is 0 Å². The Hall–Kier alpha value is -1.73. The van der Waals surface area contributed by atoms with Gasteiger partial charge in [0.25, 0.3) is 0 Å². The maximum absolute atomic E-state index is 6.01. The van der Waals surface area contributed by atoms with Gasteiger partial charge in [-0.25, -0.2) is 0 Å². The van der Waals surface area contributed by atoms with Crippen LogP contribution in [0.2, 0.25) is 5.02 Å². The van der Waals surface area contributed by atoms with Gasteiger partial charge < -0.3 is 15.2 Å². The van der Waals surface area contributed by atoms with Crippen molar-refractivity contribution in [3.8, 4) is 11.4 Å². The van der Waals surface area contributed by atoms with Crippen molar-refractivity contribution in [3.63, 3.8) is 0 Å². The van der Waals surface area contributed by atoms with Crippen molar-refractivity contribution in [1.29, 1.82) is 0 Å². The van der Waals surface area contributed by atoms with Gasteiger partial charge in [-0.05, 0) is 37.7 Å². The lowest BCUT2D eigenvalue weighted by Gasteiger charge is -2.29. The molecule has 8 heteroatoms. The average Bonchev–Trinajstić information content (AvgIpc) is 3.14. The van der Waals surface area contributed by atoms with Crippen LogP contribution >= 0.6 is 23.4 Å². The third kappa shape index (κ3) is 5.14. The number of nitrogens with one attached hydrogen (secondary N) is 2. The van der Waals surface area contributed by atoms with Crippen LogP contribution in [0.15, 0.2) is 33.8 Å². The monoisotopic (exact) mass is 393 g/mol. The van der Waals surface area contributed by atoms with Crippen molar-refractivity contribution < 1.29 is 4.52 Å². The summed E-state index contributed by atoms with van der Waals surface area (Å²) in [7, 11) is 1.77. The quantitative estimate of drug-likeness (QED) is 0.595. The highest BCUT2D eigenvalue weighted by Gasteiger charge is 2.22. The Morgan fingerprint density at radius 3 is 3.08 bits per heavy atom. The molecular formula is C18H24ClN5OS. The molecule has 1 aliphatic rings. The Bertz CT molecular complexity index is 751. The van der Waals surface area contributed by atoms with E-state index in [-0.39, 0.29) is 0 Å². The summed E-state index contributed by atoms with van der Waals surface area (Å²) in [6.45, 7) is 0.423. The normalized spacial score (nSPS) is 20.8. The van der Waals surface area contributed by atoms with E-state index in [1.807, 2.05) is 36.0 Å². The zero-order valence-electron chi connectivity index (χ0n) is 15.0. The number of rotatable bonds is 5. The lowest BCUT2D eigenvalue weighted by atomic mass is 9.95. The topological polar surface area (TPSA) is 75.3 Å². The molecule has 0 saturated heterocycles. The van der Waals surface area contributed by atoms with Gasteiger partial charge in [0, 0.05) is 28.9 Å². The number of hydrogen-bond donors (Lipinski definition) is 2. The Morgan fingerprint density at radius 2 is 2.31 bits per heavy atom. The van der Waals surface area contributed by atoms with E-state index in [2.05, 4.69) is 32.0 Å². The van der Waals surface area contributed by atoms with Gasteiger partial charge in [-0.2, -0.15) is 16.7 Å². The first-order valence-corrected chi connectivity index (χ1v) is 10.4. The van der Waals surface area contributed by atoms with Gasteiger partial charge in [-0.15, -0.1) is 0 Å². The second kappa shape index (κ2) is 9.28. The zero-order valence-corrected chi connectivity index (χ0v) is 16.6. The molecule has 1 aromatic heterocycles. The molecule has 2 N–H and O–H groups in total. The lowest BCUT2D eigenvalue weighted by molar-refractivity contribution is 0.373. The third-order valence-electron chi connectivity index (χ3n) is 4.48. The summed E-state index contributed by atoms with van der Waals surface area (Å²) in [6, 6.07) is 7.85. The molecular weight excluding hydrogens is 370 g/mol. The minimum absolute atomic E-state index is 0.423. The summed E-state index contributed by atoms with van der Waals surface area (Å²) in [4.78, 5) is 8.72. The summed E-state index contributed by atoms with van der Waals surface area (Å²) in [5.41, 5.74) is 0.834. The van der Waals surface area contributed by atoms with Gasteiger partial charge in [0.2, 0.25) is 11.7 Å². The molecule has 2 atom stereocenters. The highest BCUT2D eigenvalue weighted by molar-refractivity contribution is 7.99. The number of hydrogen-bond acceptors (Lipinski definition) is 5. The van der Waals surface area contributed by atoms with Crippen LogP contribution in [-0.2, 0) is 6.54 Å². The van der Waals surface area contributed by atoms with Crippen LogP contribution in [0.4, 0.5) is 0 Å². The molecule has 2 aromatic rings. The van der Waals surface area contributed by atoms with Crippen molar-refractivity contribution in [2.75, 3.05) is 13.3 Å². The summed E-state index contributed by atoms with van der Waals surface area (Å²) in [5.74, 6) is 1.80. The van der Waals surface area contributed by atoms with Crippen molar-refractivity contribution in [1.82, 2.24) is 20.8 Å². The molecule has 0 bridgehead atoms. The minimum atomic E-state index is 0.423. The van der Waals surface area contributed by atoms with Gasteiger partial charge >= 0.3 is 0 Å². The molecule has 1 saturated carbocycles. The van der Waals surface area contributed by atoms with E-state index in [0.29, 0.717) is 29.3 Å². The van der Waals surface area contributed by atoms with Gasteiger partial charge in [0.1, 0.15) is 0 Å². The van der Waals surface area contributed by atoms with Crippen molar-refractivity contribution in [2.24, 2.45) is 4.99 Å². The number of benzene rings is 1. The summed E-state index contributed by atoms with van der Waals surface area (Å²) < 4.78 is 5.33. The molecule has 1 heterocycles. The number of guanidine groups is 1. The fourth-order valence-electron chi connectivity index (χ4n) is 3.11. The van der Waals surface area contributed by atoms with Crippen LogP contribution in [0.3, 0.4) is 0 Å². The van der Waals surface area contributed by atoms with Crippen LogP contribution in [-0.4, -0.2) is 40.7 Å². The molecule has 2 unspecified atom stereocenters. The Morgan fingerprint density at radius 1 is 1.42 bits per heavy atom. The fourth-order valence-corrected chi connectivity index (χ4v) is 4.13. The summed E-state index contributed by atoms with van der Waals surface area (Å²) in [6.07, 6.45) is 7.10. The van der Waals surface area contributed by atoms with E-state index >= 15 is 0 Å². The Kier molecular flexibility index (Phi) is 6.80. The molecule has 0 spiro atoms. The summed E-state index contributed by atoms with van der Waals surface area (Å²) >= 11 is 7.97. The first kappa shape index (κ1) is 19.0. The number of halogens is 1. The number of aliphatic imine (C=N–C) groups is 1. The second-order valence-electron chi connectivity index (χ2n) is 6.31. The predicted molar refractivity (Wildman–Crippen MR) is 108 cm³/mol. The molecule has 26 heavy (non-hydrogen) atoms. The van der Waals surface area contributed by atoms with Crippen molar-refractivity contribution in [3.05, 3.63) is 35.2 Å². The van der Waals surface area contributed by atoms with Gasteiger partial charge in [0.05, 0.1) is 6.54 Å². The van der Waals surface area contributed by atoms with E-state index in [4.69, 9.17) is 16.1 Å². The molecule has 140 valence electrons. The minimum Gasteiger partial charge on any atom is -0.354 e. The number of aromatic nitrogens is 2. The number of nitrogens with zero attached hydrogens (tertiary/aromatic N) is 3. The first-order chi connectivity index (χ1) is 12.7. The highest BCUT2D eigenvalue weighted by atomic mass is 35.5. The van der Waals surface area contributed by atoms with Gasteiger partial charge in [0.15, 0.2) is 5.96 Å². The van der Waals surface area contributed by atoms with E-state index in [1.165, 1.54) is 25.7 Å². The maximum atomic E-state index is 6.01. The lowest BCUT2D eigenvalue weighted by Crippen LogP contribution is -2.45. The van der Waals surface area contributed by atoms with Gasteiger partial charge in [-0.1, -0.05) is 35.3 Å². The van der Waals surface area contributed by atoms with Gasteiger partial charge in [-0.3, -0.25) is 4.99 Å². The van der Waals surface area contributed by atoms with Crippen LogP contribution < -0.4 is 10.6 Å². The zero-order chi connectivity index (χ0) is 18.4. The maximum Gasteiger partial charge on any atom is 0.246 e. The van der Waals surface area contributed by atoms with E-state index in [0.717, 1.165) is 16.8 Å². The highest BCUT2D eigenvalue weighted by Crippen LogP contribution is 2.26. The molecule has 1 aliphatic carbocycles. The molecule has 6 nitrogen and oxygen atoms in total. The van der Waals surface area contributed by atoms with Crippen LogP contribution in [0.25, 0.3) is 11.4 Å². The first-order valence-electron chi connectivity index (χ1n) is 8.76. The van der Waals surface area contributed by atoms with E-state index < -0.39 is 0 Å². The molecule has 1 fully saturated rings. The van der Waals surface area contributed by atoms with E-state index in [9.17, 15) is 0 Å². The number of thioether (sulfide) groups is 1. The third-order valence-corrected chi connectivity index (χ3v) is 5.81. The predicted octanol–water partition coefficient (Wildman–Crippen LogP) is 3.73. The second-order valence-corrected chi connectivity index (χ2v) is 7.89. The smallest absolute Gasteiger partial charge is 0.246 e. The molecule has 0 amide bonds. The van der Waals surface area contributed by atoms with Crippen molar-refractivity contribution in [2.45, 2.75) is 43.5 Å². The van der Waals surface area contributed by atoms with E-state index in [1.54, 1.807) is 7.05 Å². The molecule has 0 radical (unpaired) electrons. The average molecular weight is 394 g/mol. The van der Waals surface area contributed by atoms with Crippen molar-refractivity contribution >= 4 is 29.3 Å². The fraction of sp³-hybridized carbons (Fsp3) is 0.500. The molecule has 1 aromatic carbocycles.